The largest absolute Gasteiger partial charge is 0.489 e. The second-order valence-electron chi connectivity index (χ2n) is 6.84. The molecule has 2 aromatic carbocycles. The summed E-state index contributed by atoms with van der Waals surface area (Å²) in [5.74, 6) is -1.32. The Hall–Kier alpha value is -2.70. The maximum atomic E-state index is 14.9. The molecule has 7 heteroatoms. The molecule has 0 N–H and O–H groups in total. The van der Waals surface area contributed by atoms with E-state index in [1.807, 2.05) is 6.08 Å². The third-order valence-electron chi connectivity index (χ3n) is 4.70. The summed E-state index contributed by atoms with van der Waals surface area (Å²) < 4.78 is 62.2. The van der Waals surface area contributed by atoms with Crippen molar-refractivity contribution in [1.82, 2.24) is 0 Å². The van der Waals surface area contributed by atoms with Crippen molar-refractivity contribution in [3.63, 3.8) is 0 Å². The molecule has 0 saturated heterocycles. The van der Waals surface area contributed by atoms with Crippen LogP contribution >= 0.6 is 11.6 Å². The quantitative estimate of drug-likeness (QED) is 0.441. The average molecular weight is 463 g/mol. The molecule has 1 atom stereocenters. The maximum Gasteiger partial charge on any atom is 0.189 e. The Morgan fingerprint density at radius 1 is 1.13 bits per heavy atom. The molecule has 0 heterocycles. The van der Waals surface area contributed by atoms with E-state index in [9.17, 15) is 17.2 Å². The first-order valence-corrected chi connectivity index (χ1v) is 11.5. The first-order chi connectivity index (χ1) is 14.8. The van der Waals surface area contributed by atoms with E-state index in [-0.39, 0.29) is 28.4 Å². The SMILES string of the molecule is C=CCOC1=C/C=C\CC\C=C\1C(c1cc(F)ccc1F)S(=O)(=O)c1ccc(Cl)cc1. The van der Waals surface area contributed by atoms with Crippen LogP contribution in [0.15, 0.2) is 95.7 Å². The fourth-order valence-corrected chi connectivity index (χ4v) is 5.25. The minimum Gasteiger partial charge on any atom is -0.489 e. The standard InChI is InChI=1S/C24H21ClF2O3S/c1-2-15-30-23-8-6-4-3-5-7-20(23)24(21-16-18(26)11-14-22(21)27)31(28,29)19-12-9-17(25)10-13-19/h2,4,6-14,16,24H,1,3,5,15H2/b6-4-,20-7-,23-8+. The molecule has 0 fully saturated rings. The van der Waals surface area contributed by atoms with Gasteiger partial charge in [0.2, 0.25) is 0 Å². The van der Waals surface area contributed by atoms with Gasteiger partial charge < -0.3 is 4.74 Å². The molecule has 3 nitrogen and oxygen atoms in total. The topological polar surface area (TPSA) is 43.4 Å². The molecule has 0 saturated carbocycles. The van der Waals surface area contributed by atoms with E-state index >= 15 is 0 Å². The van der Waals surface area contributed by atoms with E-state index < -0.39 is 26.7 Å². The molecule has 31 heavy (non-hydrogen) atoms. The van der Waals surface area contributed by atoms with E-state index in [1.165, 1.54) is 30.3 Å². The highest BCUT2D eigenvalue weighted by molar-refractivity contribution is 7.92. The molecular formula is C24H21ClF2O3S. The zero-order valence-electron chi connectivity index (χ0n) is 16.6. The van der Waals surface area contributed by atoms with Gasteiger partial charge in [0.15, 0.2) is 9.84 Å². The van der Waals surface area contributed by atoms with E-state index in [2.05, 4.69) is 6.58 Å². The zero-order valence-corrected chi connectivity index (χ0v) is 18.2. The van der Waals surface area contributed by atoms with Crippen molar-refractivity contribution in [2.45, 2.75) is 23.0 Å². The van der Waals surface area contributed by atoms with Crippen molar-refractivity contribution < 1.29 is 21.9 Å². The lowest BCUT2D eigenvalue weighted by Crippen LogP contribution is -2.20. The molecule has 3 rings (SSSR count). The summed E-state index contributed by atoms with van der Waals surface area (Å²) in [7, 11) is -4.20. The van der Waals surface area contributed by atoms with Crippen LogP contribution in [-0.2, 0) is 14.6 Å². The Morgan fingerprint density at radius 3 is 2.58 bits per heavy atom. The van der Waals surface area contributed by atoms with Crippen molar-refractivity contribution in [2.75, 3.05) is 6.61 Å². The van der Waals surface area contributed by atoms with Crippen molar-refractivity contribution in [2.24, 2.45) is 0 Å². The number of hydrogen-bond acceptors (Lipinski definition) is 3. The zero-order chi connectivity index (χ0) is 22.4. The molecule has 1 unspecified atom stereocenters. The van der Waals surface area contributed by atoms with Crippen LogP contribution < -0.4 is 0 Å². The van der Waals surface area contributed by atoms with Crippen molar-refractivity contribution in [3.05, 3.63) is 113 Å². The molecule has 1 aliphatic carbocycles. The van der Waals surface area contributed by atoms with Crippen LogP contribution in [0.4, 0.5) is 8.78 Å². The fourth-order valence-electron chi connectivity index (χ4n) is 3.28. The minimum absolute atomic E-state index is 0.0628. The van der Waals surface area contributed by atoms with E-state index in [1.54, 1.807) is 18.2 Å². The highest BCUT2D eigenvalue weighted by Gasteiger charge is 2.36. The molecule has 0 aromatic heterocycles. The number of sulfone groups is 1. The molecule has 0 aliphatic heterocycles. The van der Waals surface area contributed by atoms with Crippen molar-refractivity contribution >= 4 is 21.4 Å². The van der Waals surface area contributed by atoms with Gasteiger partial charge in [0.05, 0.1) is 4.90 Å². The number of hydrogen-bond donors (Lipinski definition) is 0. The van der Waals surface area contributed by atoms with E-state index in [0.29, 0.717) is 17.9 Å². The van der Waals surface area contributed by atoms with Gasteiger partial charge in [0.25, 0.3) is 0 Å². The predicted molar refractivity (Wildman–Crippen MR) is 118 cm³/mol. The Kier molecular flexibility index (Phi) is 7.46. The van der Waals surface area contributed by atoms with Gasteiger partial charge in [-0.15, -0.1) is 0 Å². The molecule has 0 bridgehead atoms. The van der Waals surface area contributed by atoms with Crippen LogP contribution in [0.3, 0.4) is 0 Å². The Bertz CT molecular complexity index is 1150. The summed E-state index contributed by atoms with van der Waals surface area (Å²) in [6, 6.07) is 8.35. The summed E-state index contributed by atoms with van der Waals surface area (Å²) in [6.07, 6.45) is 9.66. The van der Waals surface area contributed by atoms with E-state index in [4.69, 9.17) is 16.3 Å². The number of halogens is 3. The highest BCUT2D eigenvalue weighted by Crippen LogP contribution is 2.41. The van der Waals surface area contributed by atoms with Gasteiger partial charge in [0, 0.05) is 16.2 Å². The van der Waals surface area contributed by atoms with Crippen LogP contribution in [0.25, 0.3) is 0 Å². The van der Waals surface area contributed by atoms with E-state index in [0.717, 1.165) is 18.2 Å². The second-order valence-corrected chi connectivity index (χ2v) is 9.31. The maximum absolute atomic E-state index is 14.9. The molecule has 162 valence electrons. The first-order valence-electron chi connectivity index (χ1n) is 9.60. The Balaban J connectivity index is 2.26. The highest BCUT2D eigenvalue weighted by atomic mass is 35.5. The smallest absolute Gasteiger partial charge is 0.189 e. The Labute approximate surface area is 185 Å². The van der Waals surface area contributed by atoms with Gasteiger partial charge in [-0.1, -0.05) is 42.5 Å². The molecule has 2 aromatic rings. The normalized spacial score (nSPS) is 19.7. The van der Waals surface area contributed by atoms with Crippen LogP contribution in [0.2, 0.25) is 5.02 Å². The lowest BCUT2D eigenvalue weighted by atomic mass is 9.99. The molecule has 1 aliphatic rings. The van der Waals surface area contributed by atoms with Crippen molar-refractivity contribution in [3.8, 4) is 0 Å². The third-order valence-corrected chi connectivity index (χ3v) is 7.01. The van der Waals surface area contributed by atoms with Crippen LogP contribution in [0.5, 0.6) is 0 Å². The molecular weight excluding hydrogens is 442 g/mol. The third kappa shape index (κ3) is 5.32. The van der Waals surface area contributed by atoms with Gasteiger partial charge >= 0.3 is 0 Å². The summed E-state index contributed by atoms with van der Waals surface area (Å²) >= 11 is 5.91. The number of allylic oxidation sites excluding steroid dienone is 5. The average Bonchev–Trinajstić information content (AvgIpc) is 2.72. The molecule has 0 amide bonds. The van der Waals surface area contributed by atoms with Crippen molar-refractivity contribution in [1.29, 1.82) is 0 Å². The summed E-state index contributed by atoms with van der Waals surface area (Å²) in [5, 5.41) is -1.16. The lowest BCUT2D eigenvalue weighted by molar-refractivity contribution is 0.254. The summed E-state index contributed by atoms with van der Waals surface area (Å²) in [6.45, 7) is 3.74. The van der Waals surface area contributed by atoms with Gasteiger partial charge in [0.1, 0.15) is 29.3 Å². The van der Waals surface area contributed by atoms with Crippen LogP contribution in [0, 0.1) is 11.6 Å². The monoisotopic (exact) mass is 462 g/mol. The second kappa shape index (κ2) is 10.1. The first kappa shape index (κ1) is 23.0. The van der Waals surface area contributed by atoms with Gasteiger partial charge in [-0.3, -0.25) is 0 Å². The lowest BCUT2D eigenvalue weighted by Gasteiger charge is -2.25. The predicted octanol–water partition coefficient (Wildman–Crippen LogP) is 6.50. The van der Waals surface area contributed by atoms with Crippen LogP contribution in [0.1, 0.15) is 23.7 Å². The minimum atomic E-state index is -4.20. The van der Waals surface area contributed by atoms with Gasteiger partial charge in [-0.2, -0.15) is 0 Å². The number of benzene rings is 2. The van der Waals surface area contributed by atoms with Crippen LogP contribution in [-0.4, -0.2) is 15.0 Å². The Morgan fingerprint density at radius 2 is 1.87 bits per heavy atom. The summed E-state index contributed by atoms with van der Waals surface area (Å²) in [5.41, 5.74) is -0.0514. The van der Waals surface area contributed by atoms with Gasteiger partial charge in [-0.05, 0) is 61.4 Å². The number of rotatable bonds is 7. The van der Waals surface area contributed by atoms with Gasteiger partial charge in [-0.25, -0.2) is 17.2 Å². The molecule has 0 radical (unpaired) electrons. The number of ether oxygens (including phenoxy) is 1. The fraction of sp³-hybridized carbons (Fsp3) is 0.167. The summed E-state index contributed by atoms with van der Waals surface area (Å²) in [4.78, 5) is -0.0628. The molecule has 0 spiro atoms.